The molecule has 27 heavy (non-hydrogen) atoms. The third-order valence-electron chi connectivity index (χ3n) is 4.88. The van der Waals surface area contributed by atoms with Crippen molar-refractivity contribution < 1.29 is 32.6 Å². The molecule has 0 saturated carbocycles. The molecule has 2 heterocycles. The number of nitrogens with one attached hydrogen (secondary N) is 2. The Bertz CT molecular complexity index is 755. The van der Waals surface area contributed by atoms with Crippen molar-refractivity contribution >= 4 is 11.8 Å². The Kier molecular flexibility index (Phi) is 5.15. The zero-order chi connectivity index (χ0) is 19.8. The molecule has 0 aliphatic carbocycles. The Hall–Kier alpha value is -2.17. The monoisotopic (exact) mass is 387 g/mol. The average Bonchev–Trinajstić information content (AvgIpc) is 3.12. The maximum atomic E-state index is 12.8. The van der Waals surface area contributed by atoms with Gasteiger partial charge in [0, 0.05) is 26.6 Å². The Morgan fingerprint density at radius 3 is 2.67 bits per heavy atom. The lowest BCUT2D eigenvalue weighted by Crippen LogP contribution is -2.52. The van der Waals surface area contributed by atoms with Gasteiger partial charge in [0.25, 0.3) is 0 Å². The summed E-state index contributed by atoms with van der Waals surface area (Å²) in [4.78, 5) is 26.1. The number of rotatable bonds is 5. The molecule has 1 fully saturated rings. The van der Waals surface area contributed by atoms with Crippen LogP contribution in [0.2, 0.25) is 0 Å². The van der Waals surface area contributed by atoms with Crippen LogP contribution in [-0.2, 0) is 33.6 Å². The lowest BCUT2D eigenvalue weighted by molar-refractivity contribution is -0.137. The predicted octanol–water partition coefficient (Wildman–Crippen LogP) is 0.708. The zero-order valence-corrected chi connectivity index (χ0v) is 14.6. The van der Waals surface area contributed by atoms with E-state index >= 15 is 0 Å². The van der Waals surface area contributed by atoms with E-state index in [0.29, 0.717) is 11.1 Å². The van der Waals surface area contributed by atoms with Gasteiger partial charge in [-0.1, -0.05) is 6.07 Å². The first-order valence-corrected chi connectivity index (χ1v) is 8.37. The summed E-state index contributed by atoms with van der Waals surface area (Å²) in [6, 6.07) is 3.46. The number of aliphatic hydroxyl groups is 1. The zero-order valence-electron chi connectivity index (χ0n) is 14.6. The van der Waals surface area contributed by atoms with Gasteiger partial charge >= 0.3 is 6.18 Å². The largest absolute Gasteiger partial charge is 0.416 e. The first-order valence-electron chi connectivity index (χ1n) is 8.37. The van der Waals surface area contributed by atoms with Crippen LogP contribution in [0.5, 0.6) is 0 Å². The summed E-state index contributed by atoms with van der Waals surface area (Å²) in [6.07, 6.45) is -5.58. The summed E-state index contributed by atoms with van der Waals surface area (Å²) >= 11 is 0. The summed E-state index contributed by atoms with van der Waals surface area (Å²) in [6.45, 7) is 0.293. The van der Waals surface area contributed by atoms with Crippen molar-refractivity contribution in [1.29, 1.82) is 0 Å². The number of aliphatic hydroxyl groups excluding tert-OH is 1. The molecule has 1 unspecified atom stereocenters. The number of fused-ring (bicyclic) bond motifs is 1. The van der Waals surface area contributed by atoms with Crippen molar-refractivity contribution in [3.05, 3.63) is 34.9 Å². The second-order valence-corrected chi connectivity index (χ2v) is 6.77. The van der Waals surface area contributed by atoms with Gasteiger partial charge in [0.05, 0.1) is 12.2 Å². The van der Waals surface area contributed by atoms with Gasteiger partial charge in [-0.3, -0.25) is 14.9 Å². The van der Waals surface area contributed by atoms with Crippen LogP contribution in [0.4, 0.5) is 13.2 Å². The number of alkyl halides is 3. The average molecular weight is 387 g/mol. The second kappa shape index (κ2) is 7.10. The fraction of sp³-hybridized carbons (Fsp3) is 0.529. The molecule has 148 valence electrons. The quantitative estimate of drug-likeness (QED) is 0.692. The number of carbonyl (C=O) groups is 2. The Balaban J connectivity index is 1.64. The molecule has 1 saturated heterocycles. The lowest BCUT2D eigenvalue weighted by Gasteiger charge is -2.26. The highest BCUT2D eigenvalue weighted by molar-refractivity contribution is 5.89. The molecule has 2 aliphatic rings. The van der Waals surface area contributed by atoms with E-state index in [4.69, 9.17) is 4.74 Å². The summed E-state index contributed by atoms with van der Waals surface area (Å²) in [7, 11) is 1.40. The number of ether oxygens (including phenoxy) is 1. The third kappa shape index (κ3) is 3.92. The first-order chi connectivity index (χ1) is 12.6. The molecule has 7 nitrogen and oxygen atoms in total. The van der Waals surface area contributed by atoms with Gasteiger partial charge in [-0.2, -0.15) is 13.2 Å². The molecule has 0 bridgehead atoms. The van der Waals surface area contributed by atoms with E-state index in [9.17, 15) is 27.9 Å². The van der Waals surface area contributed by atoms with Crippen LogP contribution in [0.25, 0.3) is 0 Å². The van der Waals surface area contributed by atoms with Crippen molar-refractivity contribution in [2.45, 2.75) is 44.0 Å². The van der Waals surface area contributed by atoms with Crippen LogP contribution < -0.4 is 10.6 Å². The Morgan fingerprint density at radius 1 is 1.37 bits per heavy atom. The van der Waals surface area contributed by atoms with Crippen LogP contribution in [0.15, 0.2) is 18.2 Å². The number of amides is 2. The molecule has 2 aliphatic heterocycles. The fourth-order valence-corrected chi connectivity index (χ4v) is 3.46. The van der Waals surface area contributed by atoms with Gasteiger partial charge in [0.15, 0.2) is 6.35 Å². The molecule has 0 radical (unpaired) electrons. The summed E-state index contributed by atoms with van der Waals surface area (Å²) in [5.74, 6) is -0.754. The van der Waals surface area contributed by atoms with Crippen molar-refractivity contribution in [3.8, 4) is 0 Å². The molecule has 3 rings (SSSR count). The van der Waals surface area contributed by atoms with Crippen molar-refractivity contribution in [2.24, 2.45) is 0 Å². The summed E-state index contributed by atoms with van der Waals surface area (Å²) < 4.78 is 43.5. The number of carbonyl (C=O) groups excluding carboxylic acids is 2. The number of nitrogens with zero attached hydrogens (tertiary/aromatic N) is 1. The summed E-state index contributed by atoms with van der Waals surface area (Å²) in [5.41, 5.74) is -0.817. The predicted molar refractivity (Wildman–Crippen MR) is 86.8 cm³/mol. The highest BCUT2D eigenvalue weighted by Gasteiger charge is 2.46. The minimum Gasteiger partial charge on any atom is -0.382 e. The van der Waals surface area contributed by atoms with Crippen LogP contribution in [0, 0.1) is 0 Å². The highest BCUT2D eigenvalue weighted by Crippen LogP contribution is 2.33. The lowest BCUT2D eigenvalue weighted by atomic mass is 9.94. The molecule has 3 N–H and O–H groups in total. The Labute approximate surface area is 153 Å². The number of hydrogen-bond donors (Lipinski definition) is 3. The van der Waals surface area contributed by atoms with Gasteiger partial charge in [0.2, 0.25) is 11.8 Å². The maximum absolute atomic E-state index is 12.8. The van der Waals surface area contributed by atoms with Crippen molar-refractivity contribution in [2.75, 3.05) is 13.7 Å². The topological polar surface area (TPSA) is 90.9 Å². The van der Waals surface area contributed by atoms with Gasteiger partial charge in [-0.15, -0.1) is 0 Å². The molecule has 1 aromatic rings. The van der Waals surface area contributed by atoms with E-state index in [1.54, 1.807) is 0 Å². The molecule has 0 spiro atoms. The first kappa shape index (κ1) is 19.6. The number of methoxy groups -OCH3 is 1. The van der Waals surface area contributed by atoms with E-state index < -0.39 is 29.5 Å². The molecular weight excluding hydrogens is 367 g/mol. The number of hydrogen-bond acceptors (Lipinski definition) is 5. The van der Waals surface area contributed by atoms with Crippen LogP contribution in [-0.4, -0.2) is 47.4 Å². The molecule has 0 aromatic heterocycles. The van der Waals surface area contributed by atoms with Gasteiger partial charge in [0.1, 0.15) is 5.54 Å². The van der Waals surface area contributed by atoms with Crippen LogP contribution in [0.1, 0.15) is 29.5 Å². The number of halogens is 3. The second-order valence-electron chi connectivity index (χ2n) is 6.77. The molecule has 10 heteroatoms. The van der Waals surface area contributed by atoms with Gasteiger partial charge < -0.3 is 20.1 Å². The SMILES string of the molecule is COC[C@]1(CCC(=O)N2Cc3ccc(C(F)(F)F)cc3C2)NC(O)NC1=O. The van der Waals surface area contributed by atoms with Crippen molar-refractivity contribution in [1.82, 2.24) is 15.5 Å². The van der Waals surface area contributed by atoms with E-state index in [2.05, 4.69) is 10.6 Å². The molecule has 2 amide bonds. The van der Waals surface area contributed by atoms with Crippen LogP contribution >= 0.6 is 0 Å². The molecular formula is C17H20F3N3O4. The van der Waals surface area contributed by atoms with E-state index in [1.165, 1.54) is 18.1 Å². The van der Waals surface area contributed by atoms with Gasteiger partial charge in [-0.05, 0) is 29.7 Å². The third-order valence-corrected chi connectivity index (χ3v) is 4.88. The van der Waals surface area contributed by atoms with Gasteiger partial charge in [-0.25, -0.2) is 0 Å². The normalized spacial score (nSPS) is 24.9. The minimum atomic E-state index is -4.43. The summed E-state index contributed by atoms with van der Waals surface area (Å²) in [5, 5.41) is 14.6. The highest BCUT2D eigenvalue weighted by atomic mass is 19.4. The standard InChI is InChI=1S/C17H20F3N3O4/c1-27-9-16(14(25)21-15(26)22-16)5-4-13(24)23-7-10-2-3-12(17(18,19)20)6-11(10)8-23/h2-3,6,15,22,26H,4-5,7-9H2,1H3,(H,21,25)/t15?,16-/m0/s1. The Morgan fingerprint density at radius 2 is 2.07 bits per heavy atom. The smallest absolute Gasteiger partial charge is 0.382 e. The number of benzene rings is 1. The molecule has 2 atom stereocenters. The molecule has 1 aromatic carbocycles. The van der Waals surface area contributed by atoms with E-state index in [-0.39, 0.29) is 38.4 Å². The van der Waals surface area contributed by atoms with Crippen LogP contribution in [0.3, 0.4) is 0 Å². The van der Waals surface area contributed by atoms with E-state index in [0.717, 1.165) is 12.1 Å². The van der Waals surface area contributed by atoms with Crippen molar-refractivity contribution in [3.63, 3.8) is 0 Å². The fourth-order valence-electron chi connectivity index (χ4n) is 3.46. The van der Waals surface area contributed by atoms with E-state index in [1.807, 2.05) is 0 Å². The minimum absolute atomic E-state index is 0.0172. The maximum Gasteiger partial charge on any atom is 0.416 e.